The maximum absolute atomic E-state index is 14.0. The summed E-state index contributed by atoms with van der Waals surface area (Å²) in [5.74, 6) is -0.737. The first-order valence-electron chi connectivity index (χ1n) is 6.22. The molecule has 0 unspecified atom stereocenters. The van der Waals surface area contributed by atoms with Gasteiger partial charge >= 0.3 is 7.12 Å². The smallest absolute Gasteiger partial charge is 0.423 e. The van der Waals surface area contributed by atoms with Crippen LogP contribution in [0.25, 0.3) is 22.3 Å². The van der Waals surface area contributed by atoms with E-state index in [1.54, 1.807) is 24.3 Å². The van der Waals surface area contributed by atoms with Crippen molar-refractivity contribution in [3.63, 3.8) is 0 Å². The third-order valence-electron chi connectivity index (χ3n) is 3.17. The minimum atomic E-state index is -1.87. The summed E-state index contributed by atoms with van der Waals surface area (Å²) < 4.78 is 14.0. The molecule has 0 amide bonds. The molecule has 1 heterocycles. The van der Waals surface area contributed by atoms with Gasteiger partial charge in [0.25, 0.3) is 5.56 Å². The Morgan fingerprint density at radius 2 is 1.86 bits per heavy atom. The molecule has 0 spiro atoms. The maximum atomic E-state index is 14.0. The van der Waals surface area contributed by atoms with Crippen molar-refractivity contribution in [2.75, 3.05) is 0 Å². The molecular formula is C14H10BFN2O3. The van der Waals surface area contributed by atoms with E-state index in [-0.39, 0.29) is 16.9 Å². The molecule has 21 heavy (non-hydrogen) atoms. The summed E-state index contributed by atoms with van der Waals surface area (Å²) in [5.41, 5.74) is -0.209. The number of halogens is 1. The van der Waals surface area contributed by atoms with Crippen LogP contribution in [0.4, 0.5) is 4.39 Å². The fraction of sp³-hybridized carbons (Fsp3) is 0. The third-order valence-corrected chi connectivity index (χ3v) is 3.17. The summed E-state index contributed by atoms with van der Waals surface area (Å²) in [7, 11) is -1.87. The highest BCUT2D eigenvalue weighted by Crippen LogP contribution is 2.18. The topological polar surface area (TPSA) is 86.2 Å². The van der Waals surface area contributed by atoms with E-state index < -0.39 is 18.5 Å². The van der Waals surface area contributed by atoms with E-state index in [2.05, 4.69) is 9.97 Å². The minimum Gasteiger partial charge on any atom is -0.423 e. The summed E-state index contributed by atoms with van der Waals surface area (Å²) in [5, 5.41) is 19.1. The molecule has 3 rings (SSSR count). The zero-order valence-electron chi connectivity index (χ0n) is 10.7. The van der Waals surface area contributed by atoms with Crippen molar-refractivity contribution >= 4 is 23.5 Å². The first kappa shape index (κ1) is 13.5. The number of rotatable bonds is 2. The van der Waals surface area contributed by atoms with Crippen LogP contribution in [-0.4, -0.2) is 27.1 Å². The predicted octanol–water partition coefficient (Wildman–Crippen LogP) is 0.409. The molecule has 0 atom stereocenters. The Labute approximate surface area is 118 Å². The number of aromatic nitrogens is 2. The van der Waals surface area contributed by atoms with Gasteiger partial charge in [-0.25, -0.2) is 9.37 Å². The average molecular weight is 284 g/mol. The van der Waals surface area contributed by atoms with Crippen LogP contribution in [0.5, 0.6) is 0 Å². The van der Waals surface area contributed by atoms with Crippen LogP contribution in [0.1, 0.15) is 0 Å². The van der Waals surface area contributed by atoms with Crippen molar-refractivity contribution in [1.29, 1.82) is 0 Å². The molecule has 1 aromatic heterocycles. The highest BCUT2D eigenvalue weighted by atomic mass is 19.1. The highest BCUT2D eigenvalue weighted by Gasteiger charge is 2.22. The molecule has 0 radical (unpaired) electrons. The van der Waals surface area contributed by atoms with Gasteiger partial charge < -0.3 is 15.0 Å². The van der Waals surface area contributed by atoms with Gasteiger partial charge in [0.2, 0.25) is 0 Å². The summed E-state index contributed by atoms with van der Waals surface area (Å²) in [6, 6.07) is 10.5. The fourth-order valence-electron chi connectivity index (χ4n) is 2.21. The Morgan fingerprint density at radius 3 is 2.62 bits per heavy atom. The first-order valence-corrected chi connectivity index (χ1v) is 6.22. The second kappa shape index (κ2) is 5.12. The van der Waals surface area contributed by atoms with Gasteiger partial charge in [-0.15, -0.1) is 0 Å². The Kier molecular flexibility index (Phi) is 3.28. The lowest BCUT2D eigenvalue weighted by molar-refractivity contribution is 0.425. The number of nitrogens with zero attached hydrogens (tertiary/aromatic N) is 1. The summed E-state index contributed by atoms with van der Waals surface area (Å²) in [6.07, 6.45) is 0. The van der Waals surface area contributed by atoms with Crippen molar-refractivity contribution in [2.45, 2.75) is 0 Å². The molecule has 2 aromatic carbocycles. The molecule has 0 saturated carbocycles. The van der Waals surface area contributed by atoms with Crippen LogP contribution in [0.15, 0.2) is 47.3 Å². The Morgan fingerprint density at radius 1 is 1.10 bits per heavy atom. The van der Waals surface area contributed by atoms with E-state index in [9.17, 15) is 19.2 Å². The molecular weight excluding hydrogens is 274 g/mol. The summed E-state index contributed by atoms with van der Waals surface area (Å²) in [4.78, 5) is 18.7. The highest BCUT2D eigenvalue weighted by molar-refractivity contribution is 6.60. The summed E-state index contributed by atoms with van der Waals surface area (Å²) >= 11 is 0. The fourth-order valence-corrected chi connectivity index (χ4v) is 2.21. The van der Waals surface area contributed by atoms with Gasteiger partial charge in [0, 0.05) is 0 Å². The number of hydrogen-bond acceptors (Lipinski definition) is 4. The number of H-pyrrole nitrogens is 1. The van der Waals surface area contributed by atoms with Gasteiger partial charge in [-0.3, -0.25) is 4.79 Å². The molecule has 5 nitrogen and oxygen atoms in total. The third kappa shape index (κ3) is 2.33. The van der Waals surface area contributed by atoms with Gasteiger partial charge in [-0.05, 0) is 23.7 Å². The maximum Gasteiger partial charge on any atom is 0.489 e. The zero-order valence-corrected chi connectivity index (χ0v) is 10.7. The molecule has 7 heteroatoms. The van der Waals surface area contributed by atoms with E-state index in [4.69, 9.17) is 0 Å². The molecule has 0 aliphatic heterocycles. The van der Waals surface area contributed by atoms with Gasteiger partial charge in [-0.1, -0.05) is 24.3 Å². The quantitative estimate of drug-likeness (QED) is 0.595. The van der Waals surface area contributed by atoms with Crippen molar-refractivity contribution < 1.29 is 14.4 Å². The van der Waals surface area contributed by atoms with Crippen molar-refractivity contribution in [2.24, 2.45) is 0 Å². The van der Waals surface area contributed by atoms with Crippen LogP contribution in [0, 0.1) is 5.82 Å². The molecule has 3 aromatic rings. The second-order valence-corrected chi connectivity index (χ2v) is 4.51. The largest absolute Gasteiger partial charge is 0.489 e. The number of fused-ring (bicyclic) bond motifs is 1. The average Bonchev–Trinajstić information content (AvgIpc) is 2.46. The predicted molar refractivity (Wildman–Crippen MR) is 77.6 cm³/mol. The van der Waals surface area contributed by atoms with Crippen LogP contribution < -0.4 is 11.0 Å². The Bertz CT molecular complexity index is 879. The first-order chi connectivity index (χ1) is 10.1. The lowest BCUT2D eigenvalue weighted by Gasteiger charge is -2.10. The van der Waals surface area contributed by atoms with Gasteiger partial charge in [-0.2, -0.15) is 0 Å². The lowest BCUT2D eigenvalue weighted by atomic mass is 9.76. The number of benzene rings is 2. The number of para-hydroxylation sites is 1. The molecule has 104 valence electrons. The zero-order chi connectivity index (χ0) is 15.0. The molecule has 0 saturated heterocycles. The van der Waals surface area contributed by atoms with Gasteiger partial charge in [0.05, 0.1) is 16.5 Å². The molecule has 0 aliphatic carbocycles. The van der Waals surface area contributed by atoms with Gasteiger partial charge in [0.1, 0.15) is 11.6 Å². The van der Waals surface area contributed by atoms with Crippen LogP contribution in [-0.2, 0) is 0 Å². The minimum absolute atomic E-state index is 0.0418. The van der Waals surface area contributed by atoms with E-state index in [1.807, 2.05) is 0 Å². The normalized spacial score (nSPS) is 10.8. The SMILES string of the molecule is O=c1[nH]c(-c2c(F)cccc2B(O)O)nc2ccccc12. The van der Waals surface area contributed by atoms with E-state index in [0.717, 1.165) is 6.07 Å². The lowest BCUT2D eigenvalue weighted by Crippen LogP contribution is -2.33. The van der Waals surface area contributed by atoms with Crippen molar-refractivity contribution in [3.8, 4) is 11.4 Å². The van der Waals surface area contributed by atoms with Crippen LogP contribution in [0.2, 0.25) is 0 Å². The standard InChI is InChI=1S/C14H10BFN2O3/c16-10-6-3-5-9(15(20)21)12(10)13-17-11-7-2-1-4-8(11)14(19)18-13/h1-7,20-21H,(H,17,18,19). The van der Waals surface area contributed by atoms with Crippen LogP contribution >= 0.6 is 0 Å². The van der Waals surface area contributed by atoms with E-state index in [1.165, 1.54) is 12.1 Å². The van der Waals surface area contributed by atoms with Crippen molar-refractivity contribution in [3.05, 3.63) is 58.6 Å². The molecule has 3 N–H and O–H groups in total. The molecule has 0 bridgehead atoms. The molecule has 0 aliphatic rings. The van der Waals surface area contributed by atoms with E-state index in [0.29, 0.717) is 10.9 Å². The van der Waals surface area contributed by atoms with Crippen molar-refractivity contribution in [1.82, 2.24) is 9.97 Å². The number of aromatic amines is 1. The summed E-state index contributed by atoms with van der Waals surface area (Å²) in [6.45, 7) is 0. The van der Waals surface area contributed by atoms with Gasteiger partial charge in [0.15, 0.2) is 0 Å². The number of hydrogen-bond donors (Lipinski definition) is 3. The molecule has 0 fully saturated rings. The second-order valence-electron chi connectivity index (χ2n) is 4.51. The Balaban J connectivity index is 2.34. The van der Waals surface area contributed by atoms with Crippen LogP contribution in [0.3, 0.4) is 0 Å². The number of nitrogens with one attached hydrogen (secondary N) is 1. The monoisotopic (exact) mass is 284 g/mol. The Hall–Kier alpha value is -2.51. The van der Waals surface area contributed by atoms with E-state index >= 15 is 0 Å².